The van der Waals surface area contributed by atoms with E-state index in [-0.39, 0.29) is 37.3 Å². The lowest BCUT2D eigenvalue weighted by atomic mass is 10.0. The van der Waals surface area contributed by atoms with E-state index in [0.717, 1.165) is 55.9 Å². The number of nitrogens with one attached hydrogen (secondary N) is 1. The molecule has 1 aromatic heterocycles. The first-order valence-corrected chi connectivity index (χ1v) is 20.4. The lowest BCUT2D eigenvalue weighted by Gasteiger charge is -2.25. The average Bonchev–Trinajstić information content (AvgIpc) is 3.95. The number of furan rings is 1. The van der Waals surface area contributed by atoms with Crippen molar-refractivity contribution < 1.29 is 55.7 Å². The number of carbonyl (C=O) groups excluding carboxylic acids is 3. The lowest BCUT2D eigenvalue weighted by molar-refractivity contribution is -0.148. The smallest absolute Gasteiger partial charge is 0.372 e. The number of carboxylic acid groups (broad SMARTS) is 1. The normalized spacial score (nSPS) is 12.8. The van der Waals surface area contributed by atoms with Gasteiger partial charge in [0.25, 0.3) is 5.91 Å². The maximum atomic E-state index is 13.7. The number of aryl methyl sites for hydroxylation is 1. The summed E-state index contributed by atoms with van der Waals surface area (Å²) in [5, 5.41) is 11.9. The van der Waals surface area contributed by atoms with Crippen molar-refractivity contribution in [3.8, 4) is 11.3 Å². The van der Waals surface area contributed by atoms with Crippen LogP contribution in [0.5, 0.6) is 0 Å². The Labute approximate surface area is 325 Å². The van der Waals surface area contributed by atoms with Crippen LogP contribution in [-0.4, -0.2) is 96.5 Å². The first kappa shape index (κ1) is 42.2. The summed E-state index contributed by atoms with van der Waals surface area (Å²) >= 11 is 0. The number of hydrogen-bond donors (Lipinski definition) is 2. The van der Waals surface area contributed by atoms with E-state index in [2.05, 4.69) is 5.32 Å². The highest BCUT2D eigenvalue weighted by Gasteiger charge is 2.33. The third-order valence-corrected chi connectivity index (χ3v) is 10.5. The van der Waals surface area contributed by atoms with Gasteiger partial charge in [-0.15, -0.1) is 0 Å². The van der Waals surface area contributed by atoms with Crippen LogP contribution in [0.15, 0.2) is 65.1 Å². The van der Waals surface area contributed by atoms with Crippen LogP contribution < -0.4 is 9.62 Å². The number of Topliss-reactive ketones (excluding diaryl/α,β-unsaturated/α-hetero) is 2. The van der Waals surface area contributed by atoms with E-state index in [1.54, 1.807) is 24.3 Å². The largest absolute Gasteiger partial charge is 0.475 e. The SMILES string of the molecule is CNC(=O)c1c(-c2ccc(F)cc2)oc2cc(N(CCOCCOCCOCCCCCc3cccc(C(=O)CC(=O)C(=O)O)c3)S(C)(=O)=O)c(C3CC3)cc12. The van der Waals surface area contributed by atoms with Crippen molar-refractivity contribution >= 4 is 50.1 Å². The van der Waals surface area contributed by atoms with Gasteiger partial charge in [-0.1, -0.05) is 24.6 Å². The molecule has 1 aliphatic rings. The van der Waals surface area contributed by atoms with Gasteiger partial charge in [0.2, 0.25) is 15.8 Å². The minimum absolute atomic E-state index is 0.0539. The van der Waals surface area contributed by atoms with Crippen molar-refractivity contribution in [1.82, 2.24) is 5.32 Å². The second-order valence-corrected chi connectivity index (χ2v) is 15.5. The van der Waals surface area contributed by atoms with Gasteiger partial charge in [0.05, 0.1) is 63.5 Å². The molecule has 0 unspecified atom stereocenters. The third kappa shape index (κ3) is 11.5. The average molecular weight is 795 g/mol. The second-order valence-electron chi connectivity index (χ2n) is 13.6. The number of hydrogen-bond acceptors (Lipinski definition) is 10. The fraction of sp³-hybridized carbons (Fsp3) is 0.415. The van der Waals surface area contributed by atoms with Gasteiger partial charge in [-0.2, -0.15) is 0 Å². The van der Waals surface area contributed by atoms with E-state index >= 15 is 0 Å². The molecular weight excluding hydrogens is 748 g/mol. The van der Waals surface area contributed by atoms with Gasteiger partial charge >= 0.3 is 5.97 Å². The van der Waals surface area contributed by atoms with Crippen LogP contribution in [-0.2, 0) is 40.2 Å². The van der Waals surface area contributed by atoms with Gasteiger partial charge in [-0.3, -0.25) is 18.7 Å². The second kappa shape index (κ2) is 19.8. The first-order valence-electron chi connectivity index (χ1n) is 18.5. The number of fused-ring (bicyclic) bond motifs is 1. The van der Waals surface area contributed by atoms with Gasteiger partial charge in [-0.25, -0.2) is 17.6 Å². The van der Waals surface area contributed by atoms with E-state index in [0.29, 0.717) is 59.8 Å². The van der Waals surface area contributed by atoms with Crippen molar-refractivity contribution in [3.63, 3.8) is 0 Å². The van der Waals surface area contributed by atoms with Crippen LogP contribution in [0, 0.1) is 5.82 Å². The Bertz CT molecular complexity index is 2130. The van der Waals surface area contributed by atoms with Gasteiger partial charge in [0.15, 0.2) is 5.78 Å². The fourth-order valence-corrected chi connectivity index (χ4v) is 7.25. The van der Waals surface area contributed by atoms with E-state index in [4.69, 9.17) is 23.7 Å². The summed E-state index contributed by atoms with van der Waals surface area (Å²) in [7, 11) is -2.22. The lowest BCUT2D eigenvalue weighted by Crippen LogP contribution is -2.34. The van der Waals surface area contributed by atoms with Gasteiger partial charge in [0, 0.05) is 36.2 Å². The standard InChI is InChI=1S/C41H47FN2O11S/c1-43-40(47)38-33-24-32(28-10-11-28)34(25-37(33)55-39(38)29-12-14-31(42)15-13-29)44(56(2,50)51)16-18-53-20-22-54-21-19-52-17-5-3-4-7-27-8-6-9-30(23-27)35(45)26-36(46)41(48)49/h6,8-9,12-15,23-25,28H,3-5,7,10-11,16-22,26H2,1-2H3,(H,43,47)(H,48,49). The molecule has 3 aromatic carbocycles. The van der Waals surface area contributed by atoms with Gasteiger partial charge in [0.1, 0.15) is 17.2 Å². The number of halogens is 1. The molecular formula is C41H47FN2O11S. The van der Waals surface area contributed by atoms with Crippen LogP contribution in [0.4, 0.5) is 10.1 Å². The summed E-state index contributed by atoms with van der Waals surface area (Å²) in [6.45, 7) is 2.06. The van der Waals surface area contributed by atoms with Crippen molar-refractivity contribution in [2.45, 2.75) is 50.9 Å². The zero-order valence-corrected chi connectivity index (χ0v) is 32.3. The summed E-state index contributed by atoms with van der Waals surface area (Å²) in [5.41, 5.74) is 3.68. The van der Waals surface area contributed by atoms with E-state index in [1.807, 2.05) is 12.1 Å². The summed E-state index contributed by atoms with van der Waals surface area (Å²) in [4.78, 5) is 47.3. The number of unbranched alkanes of at least 4 members (excludes halogenated alkanes) is 2. The molecule has 0 bridgehead atoms. The predicted octanol–water partition coefficient (Wildman–Crippen LogP) is 5.93. The molecule has 1 aliphatic carbocycles. The highest BCUT2D eigenvalue weighted by atomic mass is 32.2. The molecule has 1 amide bonds. The molecule has 300 valence electrons. The minimum atomic E-state index is -3.73. The fourth-order valence-electron chi connectivity index (χ4n) is 6.33. The van der Waals surface area contributed by atoms with Crippen LogP contribution >= 0.6 is 0 Å². The number of nitrogens with zero attached hydrogens (tertiary/aromatic N) is 1. The van der Waals surface area contributed by atoms with Crippen molar-refractivity contribution in [2.24, 2.45) is 0 Å². The number of carboxylic acids is 1. The molecule has 0 aliphatic heterocycles. The summed E-state index contributed by atoms with van der Waals surface area (Å²) in [6, 6.07) is 16.0. The monoisotopic (exact) mass is 794 g/mol. The van der Waals surface area contributed by atoms with Crippen LogP contribution in [0.2, 0.25) is 0 Å². The first-order chi connectivity index (χ1) is 26.9. The Morgan fingerprint density at radius 2 is 1.57 bits per heavy atom. The highest BCUT2D eigenvalue weighted by Crippen LogP contribution is 2.48. The molecule has 15 heteroatoms. The van der Waals surface area contributed by atoms with E-state index in [9.17, 15) is 32.0 Å². The number of ether oxygens (including phenoxy) is 3. The van der Waals surface area contributed by atoms with E-state index in [1.165, 1.54) is 35.6 Å². The maximum Gasteiger partial charge on any atom is 0.372 e. The Morgan fingerprint density at radius 1 is 0.893 bits per heavy atom. The Hall–Kier alpha value is -4.96. The Morgan fingerprint density at radius 3 is 2.21 bits per heavy atom. The van der Waals surface area contributed by atoms with Crippen molar-refractivity contribution in [1.29, 1.82) is 0 Å². The molecule has 13 nitrogen and oxygen atoms in total. The summed E-state index contributed by atoms with van der Waals surface area (Å²) in [6.07, 6.45) is 5.60. The molecule has 1 heterocycles. The van der Waals surface area contributed by atoms with Gasteiger partial charge in [-0.05, 0) is 85.5 Å². The molecule has 1 fully saturated rings. The molecule has 0 atom stereocenters. The number of benzene rings is 3. The van der Waals surface area contributed by atoms with Crippen LogP contribution in [0.3, 0.4) is 0 Å². The molecule has 1 saturated carbocycles. The van der Waals surface area contributed by atoms with Crippen molar-refractivity contribution in [3.05, 3.63) is 88.7 Å². The number of aliphatic carboxylic acids is 1. The predicted molar refractivity (Wildman–Crippen MR) is 207 cm³/mol. The molecule has 4 aromatic rings. The van der Waals surface area contributed by atoms with Crippen LogP contribution in [0.25, 0.3) is 22.3 Å². The van der Waals surface area contributed by atoms with E-state index < -0.39 is 39.8 Å². The minimum Gasteiger partial charge on any atom is -0.475 e. The van der Waals surface area contributed by atoms with Gasteiger partial charge < -0.3 is 29.1 Å². The summed E-state index contributed by atoms with van der Waals surface area (Å²) < 4.78 is 64.4. The number of amides is 1. The topological polar surface area (TPSA) is 179 Å². The van der Waals surface area contributed by atoms with Crippen LogP contribution in [0.1, 0.15) is 76.3 Å². The quantitative estimate of drug-likeness (QED) is 0.0372. The molecule has 2 N–H and O–H groups in total. The number of sulfonamides is 1. The Kier molecular flexibility index (Phi) is 14.9. The highest BCUT2D eigenvalue weighted by molar-refractivity contribution is 7.92. The third-order valence-electron chi connectivity index (χ3n) is 9.33. The van der Waals surface area contributed by atoms with Crippen molar-refractivity contribution in [2.75, 3.05) is 63.8 Å². The summed E-state index contributed by atoms with van der Waals surface area (Å²) in [5.74, 6) is -3.65. The number of ketones is 2. The number of carbonyl (C=O) groups is 4. The molecule has 56 heavy (non-hydrogen) atoms. The zero-order valence-electron chi connectivity index (χ0n) is 31.5. The maximum absolute atomic E-state index is 13.7. The molecule has 0 saturated heterocycles. The molecule has 0 spiro atoms. The zero-order chi connectivity index (χ0) is 40.2. The number of rotatable bonds is 24. The Balaban J connectivity index is 1.04. The number of anilines is 1. The molecule has 0 radical (unpaired) electrons. The molecule has 5 rings (SSSR count).